The molecule has 0 aliphatic heterocycles. The van der Waals surface area contributed by atoms with E-state index in [0.717, 1.165) is 16.3 Å². The highest BCUT2D eigenvalue weighted by atomic mass is 32.2. The number of benzene rings is 2. The molecule has 0 saturated heterocycles. The van der Waals surface area contributed by atoms with Gasteiger partial charge in [0.25, 0.3) is 10.0 Å². The third-order valence-corrected chi connectivity index (χ3v) is 5.69. The van der Waals surface area contributed by atoms with Crippen LogP contribution in [0.15, 0.2) is 64.1 Å². The number of furan rings is 1. The predicted octanol–water partition coefficient (Wildman–Crippen LogP) is 2.51. The summed E-state index contributed by atoms with van der Waals surface area (Å²) in [6, 6.07) is 15.8. The Morgan fingerprint density at radius 1 is 0.933 bits per heavy atom. The molecular weight excluding hydrogens is 406 g/mol. The minimum Gasteiger partial charge on any atom is -0.438 e. The van der Waals surface area contributed by atoms with Crippen LogP contribution >= 0.6 is 0 Å². The highest BCUT2D eigenvalue weighted by Crippen LogP contribution is 2.19. The molecule has 3 N–H and O–H groups in total. The fourth-order valence-corrected chi connectivity index (χ4v) is 4.25. The number of carbonyl (C=O) groups is 2. The molecule has 9 heteroatoms. The van der Waals surface area contributed by atoms with Gasteiger partial charge in [0.15, 0.2) is 5.76 Å². The maximum absolute atomic E-state index is 12.3. The van der Waals surface area contributed by atoms with E-state index < -0.39 is 27.4 Å². The minimum absolute atomic E-state index is 0.0644. The van der Waals surface area contributed by atoms with Crippen LogP contribution in [0.5, 0.6) is 0 Å². The van der Waals surface area contributed by atoms with E-state index in [1.807, 2.05) is 42.5 Å². The van der Waals surface area contributed by atoms with Crippen LogP contribution in [0.25, 0.3) is 10.8 Å². The first-order valence-corrected chi connectivity index (χ1v) is 10.7. The molecule has 0 fully saturated rings. The van der Waals surface area contributed by atoms with Gasteiger partial charge in [0, 0.05) is 5.54 Å². The Bertz CT molecular complexity index is 1190. The quantitative estimate of drug-likeness (QED) is 0.539. The van der Waals surface area contributed by atoms with E-state index in [9.17, 15) is 18.0 Å². The average Bonchev–Trinajstić information content (AvgIpc) is 3.16. The Morgan fingerprint density at radius 2 is 1.63 bits per heavy atom. The van der Waals surface area contributed by atoms with Crippen LogP contribution in [0.2, 0.25) is 0 Å². The van der Waals surface area contributed by atoms with Crippen molar-refractivity contribution in [3.8, 4) is 0 Å². The molecule has 0 aliphatic carbocycles. The number of hydrazine groups is 1. The van der Waals surface area contributed by atoms with E-state index in [-0.39, 0.29) is 17.3 Å². The number of nitrogens with one attached hydrogen (secondary N) is 3. The normalized spacial score (nSPS) is 12.0. The fourth-order valence-electron chi connectivity index (χ4n) is 2.89. The largest absolute Gasteiger partial charge is 0.438 e. The van der Waals surface area contributed by atoms with Crippen molar-refractivity contribution < 1.29 is 22.4 Å². The molecule has 0 aliphatic rings. The monoisotopic (exact) mass is 429 g/mol. The van der Waals surface area contributed by atoms with Crippen LogP contribution in [-0.4, -0.2) is 25.8 Å². The Labute approximate surface area is 174 Å². The Balaban J connectivity index is 1.62. The van der Waals surface area contributed by atoms with Crippen molar-refractivity contribution in [3.63, 3.8) is 0 Å². The highest BCUT2D eigenvalue weighted by molar-refractivity contribution is 7.89. The number of amides is 2. The molecule has 0 spiro atoms. The maximum Gasteiger partial charge on any atom is 0.305 e. The number of carbonyl (C=O) groups excluding carboxylic acids is 2. The van der Waals surface area contributed by atoms with Crippen molar-refractivity contribution in [2.24, 2.45) is 0 Å². The summed E-state index contributed by atoms with van der Waals surface area (Å²) in [5.41, 5.74) is 4.66. The van der Waals surface area contributed by atoms with Crippen molar-refractivity contribution >= 4 is 32.6 Å². The third kappa shape index (κ3) is 5.25. The van der Waals surface area contributed by atoms with Gasteiger partial charge in [-0.15, -0.1) is 0 Å². The molecule has 0 atom stereocenters. The van der Waals surface area contributed by atoms with Crippen LogP contribution in [0.1, 0.15) is 36.9 Å². The maximum atomic E-state index is 12.3. The van der Waals surface area contributed by atoms with Gasteiger partial charge in [-0.3, -0.25) is 20.4 Å². The number of sulfonamides is 1. The Kier molecular flexibility index (Phi) is 5.95. The number of hydrogen-bond donors (Lipinski definition) is 3. The van der Waals surface area contributed by atoms with Gasteiger partial charge in [-0.2, -0.15) is 0 Å². The first kappa shape index (κ1) is 21.5. The molecule has 3 rings (SSSR count). The summed E-state index contributed by atoms with van der Waals surface area (Å²) in [4.78, 5) is 24.5. The van der Waals surface area contributed by atoms with Gasteiger partial charge in [-0.25, -0.2) is 13.1 Å². The van der Waals surface area contributed by atoms with Crippen molar-refractivity contribution in [3.05, 3.63) is 65.9 Å². The minimum atomic E-state index is -3.91. The lowest BCUT2D eigenvalue weighted by Crippen LogP contribution is -2.42. The van der Waals surface area contributed by atoms with E-state index in [4.69, 9.17) is 4.42 Å². The zero-order chi connectivity index (χ0) is 21.9. The molecular formula is C21H23N3O5S. The lowest BCUT2D eigenvalue weighted by Gasteiger charge is -2.18. The molecule has 0 radical (unpaired) electrons. The lowest BCUT2D eigenvalue weighted by molar-refractivity contribution is -0.121. The van der Waals surface area contributed by atoms with Crippen LogP contribution < -0.4 is 15.6 Å². The molecule has 2 amide bonds. The van der Waals surface area contributed by atoms with E-state index >= 15 is 0 Å². The molecule has 1 heterocycles. The fraction of sp³-hybridized carbons (Fsp3) is 0.238. The van der Waals surface area contributed by atoms with Gasteiger partial charge in [-0.05, 0) is 49.2 Å². The van der Waals surface area contributed by atoms with Crippen molar-refractivity contribution in [2.45, 2.75) is 37.8 Å². The second-order valence-corrected chi connectivity index (χ2v) is 9.40. The van der Waals surface area contributed by atoms with Crippen molar-refractivity contribution in [1.29, 1.82) is 0 Å². The van der Waals surface area contributed by atoms with Crippen molar-refractivity contribution in [2.75, 3.05) is 0 Å². The molecule has 2 aromatic carbocycles. The first-order chi connectivity index (χ1) is 14.0. The summed E-state index contributed by atoms with van der Waals surface area (Å²) < 4.78 is 32.1. The van der Waals surface area contributed by atoms with E-state index in [1.54, 1.807) is 20.8 Å². The van der Waals surface area contributed by atoms with Crippen LogP contribution in [0.4, 0.5) is 0 Å². The topological polar surface area (TPSA) is 118 Å². The Morgan fingerprint density at radius 3 is 2.37 bits per heavy atom. The molecule has 3 aromatic rings. The zero-order valence-corrected chi connectivity index (χ0v) is 17.7. The molecule has 8 nitrogen and oxygen atoms in total. The molecule has 0 saturated carbocycles. The summed E-state index contributed by atoms with van der Waals surface area (Å²) in [6.07, 6.45) is 0.0644. The van der Waals surface area contributed by atoms with Crippen LogP contribution in [0, 0.1) is 0 Å². The van der Waals surface area contributed by atoms with Gasteiger partial charge in [0.1, 0.15) is 0 Å². The summed E-state index contributed by atoms with van der Waals surface area (Å²) in [5.74, 6) is -1.43. The van der Waals surface area contributed by atoms with Gasteiger partial charge < -0.3 is 4.42 Å². The van der Waals surface area contributed by atoms with Gasteiger partial charge >= 0.3 is 5.91 Å². The molecule has 0 bridgehead atoms. The zero-order valence-electron chi connectivity index (χ0n) is 16.9. The van der Waals surface area contributed by atoms with Crippen molar-refractivity contribution in [1.82, 2.24) is 15.6 Å². The van der Waals surface area contributed by atoms with Crippen LogP contribution in [0.3, 0.4) is 0 Å². The van der Waals surface area contributed by atoms with Gasteiger partial charge in [0.05, 0.1) is 6.42 Å². The van der Waals surface area contributed by atoms with E-state index in [2.05, 4.69) is 15.6 Å². The summed E-state index contributed by atoms with van der Waals surface area (Å²) >= 11 is 0. The standard InChI is InChI=1S/C21H23N3O5S/c1-21(2,3)24-30(27,28)19-12-11-17(29-19)20(26)23-22-18(25)13-15-9-6-8-14-7-4-5-10-16(14)15/h4-12,24H,13H2,1-3H3,(H,22,25)(H,23,26). The van der Waals surface area contributed by atoms with Gasteiger partial charge in [0.2, 0.25) is 11.0 Å². The summed E-state index contributed by atoms with van der Waals surface area (Å²) in [6.45, 7) is 5.06. The SMILES string of the molecule is CC(C)(C)NS(=O)(=O)c1ccc(C(=O)NNC(=O)Cc2cccc3ccccc23)o1. The van der Waals surface area contributed by atoms with E-state index in [1.165, 1.54) is 12.1 Å². The smallest absolute Gasteiger partial charge is 0.305 e. The summed E-state index contributed by atoms with van der Waals surface area (Å²) in [5, 5.41) is 1.58. The molecule has 1 aromatic heterocycles. The predicted molar refractivity (Wildman–Crippen MR) is 112 cm³/mol. The number of hydrogen-bond acceptors (Lipinski definition) is 5. The average molecular weight is 429 g/mol. The molecule has 158 valence electrons. The van der Waals surface area contributed by atoms with Gasteiger partial charge in [-0.1, -0.05) is 42.5 Å². The molecule has 0 unspecified atom stereocenters. The highest BCUT2D eigenvalue weighted by Gasteiger charge is 2.26. The second-order valence-electron chi connectivity index (χ2n) is 7.79. The molecule has 30 heavy (non-hydrogen) atoms. The lowest BCUT2D eigenvalue weighted by atomic mass is 10.0. The number of rotatable bonds is 5. The summed E-state index contributed by atoms with van der Waals surface area (Å²) in [7, 11) is -3.91. The second kappa shape index (κ2) is 8.29. The first-order valence-electron chi connectivity index (χ1n) is 9.25. The third-order valence-electron chi connectivity index (χ3n) is 4.06. The Hall–Kier alpha value is -3.17. The van der Waals surface area contributed by atoms with Crippen LogP contribution in [-0.2, 0) is 21.2 Å². The number of fused-ring (bicyclic) bond motifs is 1. The van der Waals surface area contributed by atoms with E-state index in [0.29, 0.717) is 0 Å².